The van der Waals surface area contributed by atoms with E-state index >= 15 is 0 Å². The summed E-state index contributed by atoms with van der Waals surface area (Å²) in [6.45, 7) is 39.1. The Balaban J connectivity index is 1.34. The van der Waals surface area contributed by atoms with Gasteiger partial charge in [-0.15, -0.1) is 0 Å². The number of fused-ring (bicyclic) bond motifs is 20. The summed E-state index contributed by atoms with van der Waals surface area (Å²) < 4.78 is -1.26. The molecule has 16 nitrogen and oxygen atoms in total. The van der Waals surface area contributed by atoms with Gasteiger partial charge in [0.15, 0.2) is 45.9 Å². The van der Waals surface area contributed by atoms with Crippen molar-refractivity contribution in [3.05, 3.63) is 60.7 Å². The van der Waals surface area contributed by atoms with Crippen molar-refractivity contribution in [2.45, 2.75) is 183 Å². The Kier molecular flexibility index (Phi) is 14.9. The quantitative estimate of drug-likeness (QED) is 0.135. The fraction of sp³-hybridized carbons (Fsp3) is 0.400. The molecule has 2 aromatic carbocycles. The third-order valence-electron chi connectivity index (χ3n) is 11.4. The fourth-order valence-corrected chi connectivity index (χ4v) is 14.4. The van der Waals surface area contributed by atoms with Crippen molar-refractivity contribution in [3.63, 3.8) is 0 Å². The number of rotatable bonds is 8. The van der Waals surface area contributed by atoms with Crippen LogP contribution in [0.5, 0.6) is 0 Å². The molecule has 0 saturated heterocycles. The van der Waals surface area contributed by atoms with Gasteiger partial charge in [0.25, 0.3) is 0 Å². The molecule has 0 radical (unpaired) electrons. The van der Waals surface area contributed by atoms with Crippen LogP contribution >= 0.6 is 70.6 Å². The van der Waals surface area contributed by atoms with Crippen LogP contribution in [0.15, 0.2) is 90.8 Å². The highest BCUT2D eigenvalue weighted by Gasteiger charge is 2.34. The van der Waals surface area contributed by atoms with Crippen LogP contribution in [-0.2, 0) is 0 Å². The van der Waals surface area contributed by atoms with Crippen molar-refractivity contribution in [2.75, 3.05) is 0 Å². The molecule has 22 heteroatoms. The first kappa shape index (κ1) is 58.0. The maximum absolute atomic E-state index is 5.48. The molecule has 2 N–H and O–H groups in total. The van der Waals surface area contributed by atoms with Gasteiger partial charge in [0.05, 0.1) is 11.4 Å². The van der Waals surface area contributed by atoms with Crippen LogP contribution in [0.4, 0.5) is 0 Å². The van der Waals surface area contributed by atoms with Gasteiger partial charge in [-0.25, -0.2) is 69.8 Å². The Hall–Kier alpha value is -5.78. The molecule has 422 valence electrons. The molecule has 0 fully saturated rings. The number of aromatic nitrogens is 16. The van der Waals surface area contributed by atoms with Crippen LogP contribution in [0.1, 0.15) is 125 Å². The number of nitrogens with zero attached hydrogens (tertiary/aromatic N) is 14. The van der Waals surface area contributed by atoms with E-state index in [1.54, 1.807) is 70.6 Å². The Morgan fingerprint density at radius 1 is 0.244 bits per heavy atom. The van der Waals surface area contributed by atoms with Crippen LogP contribution in [0.25, 0.3) is 113 Å². The van der Waals surface area contributed by atoms with Gasteiger partial charge in [0, 0.05) is 39.6 Å². The van der Waals surface area contributed by atoms with Gasteiger partial charge >= 0.3 is 0 Å². The highest BCUT2D eigenvalue weighted by atomic mass is 32.2. The number of H-pyrrole nitrogens is 2. The summed E-state index contributed by atoms with van der Waals surface area (Å²) in [6.07, 6.45) is 0. The van der Waals surface area contributed by atoms with Crippen LogP contribution in [0, 0.1) is 0 Å². The molecule has 0 aliphatic carbocycles. The SMILES string of the molecule is CC(C)(C)Sc1nc2c(nc1SC(C)(C)C)-c1nc-2nc2[nH]c(nc3nc(nc4[nH]c(n1)c1nc(-c5ccccc5)c(-c5ccccc5)nc41)-c1nc(SC(C)(C)C)c(SC(C)(C)C)nc1-3)c1nc(SC(C)(C)C)c(SC(C)(C)C)nc21. The minimum Gasteiger partial charge on any atom is -0.321 e. The van der Waals surface area contributed by atoms with E-state index in [2.05, 4.69) is 135 Å². The predicted octanol–water partition coefficient (Wildman–Crippen LogP) is 16.7. The van der Waals surface area contributed by atoms with E-state index in [0.29, 0.717) is 78.8 Å². The first-order valence-corrected chi connectivity index (χ1v) is 31.9. The summed E-state index contributed by atoms with van der Waals surface area (Å²) in [7, 11) is 0. The minimum absolute atomic E-state index is 0.206. The van der Waals surface area contributed by atoms with Gasteiger partial charge in [-0.3, -0.25) is 0 Å². The Morgan fingerprint density at radius 3 is 0.695 bits per heavy atom. The van der Waals surface area contributed by atoms with Crippen LogP contribution in [-0.4, -0.2) is 108 Å². The van der Waals surface area contributed by atoms with E-state index in [9.17, 15) is 0 Å². The highest BCUT2D eigenvalue weighted by Crippen LogP contribution is 2.48. The third-order valence-corrected chi connectivity index (χ3v) is 18.4. The number of hydrogen-bond donors (Lipinski definition) is 2. The van der Waals surface area contributed by atoms with E-state index < -0.39 is 0 Å². The number of thioether (sulfide) groups is 6. The first-order chi connectivity index (χ1) is 38.3. The summed E-state index contributed by atoms with van der Waals surface area (Å²) >= 11 is 9.90. The standard InChI is InChI=1S/C60H66N16S6/c1-55(2,3)77-49-51(79-57(7,8)9)65-37-35(63-49)43-70-41-33-34(62-32(30-27-23-20-24-28-30)31(61-33)29-25-21-19-22-26-29)42(69-41)71-44-36-38(66-52(80-58(10,11)12)50(64-36)78-56(4,5)6)46(73-44)75-48-40-39(47(76-48)74-45(37)72-43)67-53(81-59(13,14)15)54(68-40)82-60(16,17)18/h19-28H,1-18H3,(H2,69,70,71,72,73,74,75,76). The lowest BCUT2D eigenvalue weighted by molar-refractivity contribution is 0.778. The zero-order valence-electron chi connectivity index (χ0n) is 49.5. The first-order valence-electron chi connectivity index (χ1n) is 27.0. The van der Waals surface area contributed by atoms with Crippen molar-refractivity contribution in [1.82, 2.24) is 79.7 Å². The maximum Gasteiger partial charge on any atom is 0.184 e. The second-order valence-electron chi connectivity index (χ2n) is 25.8. The van der Waals surface area contributed by atoms with Gasteiger partial charge in [0.1, 0.15) is 75.0 Å². The number of aromatic amines is 2. The minimum atomic E-state index is -0.213. The van der Waals surface area contributed by atoms with Crippen LogP contribution in [0.2, 0.25) is 0 Å². The molecule has 11 rings (SSSR count). The normalized spacial score (nSPS) is 13.3. The monoisotopic (exact) mass is 1200 g/mol. The molecule has 0 amide bonds. The lowest BCUT2D eigenvalue weighted by atomic mass is 10.0. The van der Waals surface area contributed by atoms with Crippen molar-refractivity contribution in [3.8, 4) is 68.6 Å². The van der Waals surface area contributed by atoms with E-state index in [1.165, 1.54) is 0 Å². The Morgan fingerprint density at radius 2 is 0.463 bits per heavy atom. The second kappa shape index (κ2) is 21.1. The van der Waals surface area contributed by atoms with Crippen molar-refractivity contribution in [1.29, 1.82) is 0 Å². The highest BCUT2D eigenvalue weighted by molar-refractivity contribution is 8.04. The van der Waals surface area contributed by atoms with E-state index in [1.807, 2.05) is 60.7 Å². The average Bonchev–Trinajstić information content (AvgIpc) is 4.27. The van der Waals surface area contributed by atoms with E-state index in [4.69, 9.17) is 69.8 Å². The molecule has 9 aromatic rings. The maximum atomic E-state index is 5.48. The van der Waals surface area contributed by atoms with E-state index in [-0.39, 0.29) is 51.8 Å². The molecule has 0 saturated carbocycles. The molecule has 0 atom stereocenters. The van der Waals surface area contributed by atoms with Crippen molar-refractivity contribution < 1.29 is 0 Å². The van der Waals surface area contributed by atoms with Gasteiger partial charge in [-0.2, -0.15) is 0 Å². The molecular weight excluding hydrogens is 1140 g/mol. The molecule has 7 aromatic heterocycles. The van der Waals surface area contributed by atoms with Crippen molar-refractivity contribution >= 4 is 115 Å². The number of nitrogens with one attached hydrogen (secondary N) is 2. The Bertz CT molecular complexity index is 3920. The van der Waals surface area contributed by atoms with Gasteiger partial charge < -0.3 is 9.97 Å². The summed E-state index contributed by atoms with van der Waals surface area (Å²) in [5.74, 6) is 1.12. The lowest BCUT2D eigenvalue weighted by Crippen LogP contribution is -2.12. The average molecular weight is 1200 g/mol. The molecule has 9 heterocycles. The predicted molar refractivity (Wildman–Crippen MR) is 343 cm³/mol. The summed E-state index contributed by atoms with van der Waals surface area (Å²) in [6, 6.07) is 20.1. The molecule has 82 heavy (non-hydrogen) atoms. The summed E-state index contributed by atoms with van der Waals surface area (Å²) in [5.41, 5.74) is 8.28. The molecule has 8 bridgehead atoms. The Labute approximate surface area is 503 Å². The lowest BCUT2D eigenvalue weighted by Gasteiger charge is -2.22. The number of hydrogen-bond acceptors (Lipinski definition) is 20. The zero-order valence-corrected chi connectivity index (χ0v) is 54.4. The second-order valence-corrected chi connectivity index (χ2v) is 36.7. The van der Waals surface area contributed by atoms with Gasteiger partial charge in [-0.1, -0.05) is 256 Å². The molecule has 0 unspecified atom stereocenters. The van der Waals surface area contributed by atoms with Crippen molar-refractivity contribution in [2.24, 2.45) is 0 Å². The fourth-order valence-electron chi connectivity index (χ4n) is 8.60. The molecule has 2 aliphatic heterocycles. The van der Waals surface area contributed by atoms with Crippen LogP contribution in [0.3, 0.4) is 0 Å². The molecular formula is C60H66N16S6. The topological polar surface area (TPSA) is 212 Å². The number of benzene rings is 2. The summed E-state index contributed by atoms with van der Waals surface area (Å²) in [5, 5.41) is 4.59. The smallest absolute Gasteiger partial charge is 0.184 e. The largest absolute Gasteiger partial charge is 0.321 e. The van der Waals surface area contributed by atoms with E-state index in [0.717, 1.165) is 41.3 Å². The molecule has 0 spiro atoms. The zero-order chi connectivity index (χ0) is 58.6. The summed E-state index contributed by atoms with van der Waals surface area (Å²) in [4.78, 5) is 83.0. The van der Waals surface area contributed by atoms with Gasteiger partial charge in [0.2, 0.25) is 0 Å². The molecule has 2 aliphatic rings. The van der Waals surface area contributed by atoms with Gasteiger partial charge in [-0.05, 0) is 0 Å². The third kappa shape index (κ3) is 12.8. The van der Waals surface area contributed by atoms with Crippen LogP contribution < -0.4 is 0 Å².